The van der Waals surface area contributed by atoms with Crippen molar-refractivity contribution in [2.75, 3.05) is 11.9 Å². The zero-order valence-corrected chi connectivity index (χ0v) is 17.6. The van der Waals surface area contributed by atoms with Crippen molar-refractivity contribution in [1.82, 2.24) is 24.9 Å². The second-order valence-electron chi connectivity index (χ2n) is 7.22. The first-order valence-electron chi connectivity index (χ1n) is 9.90. The van der Waals surface area contributed by atoms with Gasteiger partial charge in [0.05, 0.1) is 17.0 Å². The Kier molecular flexibility index (Phi) is 6.03. The number of halogens is 4. The van der Waals surface area contributed by atoms with Crippen LogP contribution in [0.25, 0.3) is 11.2 Å². The van der Waals surface area contributed by atoms with E-state index in [0.29, 0.717) is 42.2 Å². The van der Waals surface area contributed by atoms with Crippen molar-refractivity contribution in [3.05, 3.63) is 71.2 Å². The number of rotatable bonds is 6. The second kappa shape index (κ2) is 8.93. The molecule has 170 valence electrons. The lowest BCUT2D eigenvalue weighted by Crippen LogP contribution is -2.09. The smallest absolute Gasteiger partial charge is 0.417 e. The largest absolute Gasteiger partial charge is 0.436 e. The van der Waals surface area contributed by atoms with E-state index in [0.717, 1.165) is 17.0 Å². The third kappa shape index (κ3) is 5.13. The zero-order valence-electron chi connectivity index (χ0n) is 17.6. The van der Waals surface area contributed by atoms with Crippen LogP contribution in [0, 0.1) is 19.7 Å². The Bertz CT molecular complexity index is 1290. The number of fused-ring (bicyclic) bond motifs is 1. The van der Waals surface area contributed by atoms with E-state index in [4.69, 9.17) is 4.74 Å². The lowest BCUT2D eigenvalue weighted by molar-refractivity contribution is -0.138. The molecule has 0 aliphatic rings. The second-order valence-corrected chi connectivity index (χ2v) is 7.22. The van der Waals surface area contributed by atoms with Crippen LogP contribution in [0.3, 0.4) is 0 Å². The molecule has 0 aliphatic heterocycles. The first-order valence-corrected chi connectivity index (χ1v) is 9.90. The van der Waals surface area contributed by atoms with Crippen LogP contribution in [0.1, 0.15) is 22.5 Å². The first kappa shape index (κ1) is 22.3. The Morgan fingerprint density at radius 1 is 0.970 bits per heavy atom. The Morgan fingerprint density at radius 2 is 1.70 bits per heavy atom. The van der Waals surface area contributed by atoms with Gasteiger partial charge in [0.25, 0.3) is 5.88 Å². The van der Waals surface area contributed by atoms with Crippen LogP contribution >= 0.6 is 0 Å². The van der Waals surface area contributed by atoms with Crippen LogP contribution in [0.5, 0.6) is 11.6 Å². The summed E-state index contributed by atoms with van der Waals surface area (Å²) in [6.45, 7) is 4.29. The molecule has 0 spiro atoms. The minimum absolute atomic E-state index is 0.251. The molecule has 0 saturated heterocycles. The van der Waals surface area contributed by atoms with Crippen molar-refractivity contribution in [2.24, 2.45) is 0 Å². The molecule has 3 aromatic heterocycles. The molecule has 0 amide bonds. The van der Waals surface area contributed by atoms with Crippen LogP contribution in [-0.2, 0) is 12.6 Å². The molecule has 11 heteroatoms. The van der Waals surface area contributed by atoms with Crippen molar-refractivity contribution in [3.63, 3.8) is 0 Å². The van der Waals surface area contributed by atoms with Crippen molar-refractivity contribution < 1.29 is 22.3 Å². The Balaban J connectivity index is 1.38. The maximum Gasteiger partial charge on any atom is 0.417 e. The lowest BCUT2D eigenvalue weighted by atomic mass is 10.1. The maximum absolute atomic E-state index is 13.9. The molecule has 3 heterocycles. The SMILES string of the molecule is Cc1nc2ncnc(NCCc3ccc(Oc4ncc(C(F)(F)F)cc4F)cc3)c2nc1C. The molecule has 0 aliphatic carbocycles. The van der Waals surface area contributed by atoms with Gasteiger partial charge in [-0.25, -0.2) is 29.3 Å². The maximum atomic E-state index is 13.9. The minimum atomic E-state index is -4.68. The quantitative estimate of drug-likeness (QED) is 0.405. The zero-order chi connectivity index (χ0) is 23.6. The summed E-state index contributed by atoms with van der Waals surface area (Å²) in [5.41, 5.74) is 2.49. The van der Waals surface area contributed by atoms with E-state index in [1.54, 1.807) is 24.3 Å². The Hall–Kier alpha value is -3.89. The van der Waals surface area contributed by atoms with Crippen molar-refractivity contribution in [1.29, 1.82) is 0 Å². The van der Waals surface area contributed by atoms with Gasteiger partial charge < -0.3 is 10.1 Å². The van der Waals surface area contributed by atoms with E-state index < -0.39 is 23.4 Å². The summed E-state index contributed by atoms with van der Waals surface area (Å²) in [5.74, 6) is -0.886. The predicted molar refractivity (Wildman–Crippen MR) is 113 cm³/mol. The number of aryl methyl sites for hydroxylation is 2. The number of anilines is 1. The van der Waals surface area contributed by atoms with Gasteiger partial charge >= 0.3 is 6.18 Å². The summed E-state index contributed by atoms with van der Waals surface area (Å²) < 4.78 is 57.1. The summed E-state index contributed by atoms with van der Waals surface area (Å²) in [4.78, 5) is 20.8. The van der Waals surface area contributed by atoms with Crippen LogP contribution < -0.4 is 10.1 Å². The summed E-state index contributed by atoms with van der Waals surface area (Å²) in [6, 6.07) is 7.07. The predicted octanol–water partition coefficient (Wildman–Crippen LogP) is 5.04. The number of hydrogen-bond donors (Lipinski definition) is 1. The van der Waals surface area contributed by atoms with Gasteiger partial charge in [0.2, 0.25) is 0 Å². The molecule has 1 aromatic carbocycles. The molecule has 0 bridgehead atoms. The summed E-state index contributed by atoms with van der Waals surface area (Å²) >= 11 is 0. The molecule has 1 N–H and O–H groups in total. The summed E-state index contributed by atoms with van der Waals surface area (Å²) in [5, 5.41) is 3.23. The number of aromatic nitrogens is 5. The van der Waals surface area contributed by atoms with E-state index in [2.05, 4.69) is 30.2 Å². The average molecular weight is 458 g/mol. The van der Waals surface area contributed by atoms with Crippen LogP contribution in [0.15, 0.2) is 42.9 Å². The van der Waals surface area contributed by atoms with Gasteiger partial charge in [-0.1, -0.05) is 12.1 Å². The molecule has 0 fully saturated rings. The third-order valence-corrected chi connectivity index (χ3v) is 4.86. The molecular formula is C22H18F4N6O. The van der Waals surface area contributed by atoms with Gasteiger partial charge in [-0.2, -0.15) is 13.2 Å². The number of nitrogens with zero attached hydrogens (tertiary/aromatic N) is 5. The monoisotopic (exact) mass is 458 g/mol. The molecule has 0 atom stereocenters. The van der Waals surface area contributed by atoms with Crippen LogP contribution in [-0.4, -0.2) is 31.5 Å². The fourth-order valence-corrected chi connectivity index (χ4v) is 2.99. The van der Waals surface area contributed by atoms with Crippen molar-refractivity contribution >= 4 is 17.0 Å². The minimum Gasteiger partial charge on any atom is -0.436 e. The number of benzene rings is 1. The highest BCUT2D eigenvalue weighted by atomic mass is 19.4. The molecule has 4 rings (SSSR count). The number of pyridine rings is 1. The fraction of sp³-hybridized carbons (Fsp3) is 0.227. The van der Waals surface area contributed by atoms with E-state index in [9.17, 15) is 17.6 Å². The van der Waals surface area contributed by atoms with Gasteiger partial charge in [0.1, 0.15) is 12.1 Å². The van der Waals surface area contributed by atoms with Gasteiger partial charge in [-0.15, -0.1) is 0 Å². The standard InChI is InChI=1S/C22H18F4N6O/c1-12-13(2)32-20-18(31-12)19(29-11-30-20)27-8-7-14-3-5-16(6-4-14)33-21-17(23)9-15(10-28-21)22(24,25)26/h3-6,9-11H,7-8H2,1-2H3,(H,27,29,30,32). The van der Waals surface area contributed by atoms with Crippen LogP contribution in [0.2, 0.25) is 0 Å². The highest BCUT2D eigenvalue weighted by Crippen LogP contribution is 2.31. The fourth-order valence-electron chi connectivity index (χ4n) is 2.99. The Labute approximate surface area is 185 Å². The number of nitrogens with one attached hydrogen (secondary N) is 1. The van der Waals surface area contributed by atoms with E-state index in [1.165, 1.54) is 6.33 Å². The number of hydrogen-bond acceptors (Lipinski definition) is 7. The number of ether oxygens (including phenoxy) is 1. The van der Waals surface area contributed by atoms with Gasteiger partial charge in [0, 0.05) is 12.7 Å². The van der Waals surface area contributed by atoms with E-state index in [-0.39, 0.29) is 5.75 Å². The highest BCUT2D eigenvalue weighted by Gasteiger charge is 2.32. The molecule has 0 radical (unpaired) electrons. The topological polar surface area (TPSA) is 85.7 Å². The average Bonchev–Trinajstić information content (AvgIpc) is 2.77. The van der Waals surface area contributed by atoms with E-state index in [1.807, 2.05) is 13.8 Å². The lowest BCUT2D eigenvalue weighted by Gasteiger charge is -2.10. The summed E-state index contributed by atoms with van der Waals surface area (Å²) in [7, 11) is 0. The number of alkyl halides is 3. The first-order chi connectivity index (χ1) is 15.7. The molecule has 0 saturated carbocycles. The molecule has 0 unspecified atom stereocenters. The Morgan fingerprint density at radius 3 is 2.39 bits per heavy atom. The van der Waals surface area contributed by atoms with Gasteiger partial charge in [-0.05, 0) is 44.0 Å². The van der Waals surface area contributed by atoms with Crippen molar-refractivity contribution in [3.8, 4) is 11.6 Å². The normalized spacial score (nSPS) is 11.6. The third-order valence-electron chi connectivity index (χ3n) is 4.86. The molecule has 7 nitrogen and oxygen atoms in total. The molecule has 33 heavy (non-hydrogen) atoms. The van der Waals surface area contributed by atoms with Gasteiger partial charge in [-0.3, -0.25) is 0 Å². The summed E-state index contributed by atoms with van der Waals surface area (Å²) in [6.07, 6.45) is -2.08. The molecule has 4 aromatic rings. The van der Waals surface area contributed by atoms with E-state index >= 15 is 0 Å². The van der Waals surface area contributed by atoms with Gasteiger partial charge in [0.15, 0.2) is 22.8 Å². The van der Waals surface area contributed by atoms with Crippen molar-refractivity contribution in [2.45, 2.75) is 26.4 Å². The molecular weight excluding hydrogens is 440 g/mol. The van der Waals surface area contributed by atoms with Crippen LogP contribution in [0.4, 0.5) is 23.4 Å². The highest BCUT2D eigenvalue weighted by molar-refractivity contribution is 5.82.